The van der Waals surface area contributed by atoms with Crippen molar-refractivity contribution in [3.8, 4) is 6.07 Å². The van der Waals surface area contributed by atoms with Gasteiger partial charge in [0, 0.05) is 38.1 Å². The molecule has 2 aromatic carbocycles. The molecule has 0 N–H and O–H groups in total. The third kappa shape index (κ3) is 3.71. The molecular formula is C23H24N4S. The first kappa shape index (κ1) is 18.8. The first-order chi connectivity index (χ1) is 13.7. The number of nitrogens with zero attached hydrogens (tertiary/aromatic N) is 4. The highest BCUT2D eigenvalue weighted by Gasteiger charge is 2.23. The number of hydrogen-bond donors (Lipinski definition) is 0. The number of pyridine rings is 1. The number of anilines is 1. The number of benzene rings is 2. The van der Waals surface area contributed by atoms with E-state index in [0.29, 0.717) is 5.56 Å². The first-order valence-corrected chi connectivity index (χ1v) is 10.8. The maximum Gasteiger partial charge on any atom is 0.116 e. The highest BCUT2D eigenvalue weighted by atomic mass is 32.2. The minimum absolute atomic E-state index is 0.707. The lowest BCUT2D eigenvalue weighted by Gasteiger charge is -2.37. The molecule has 0 bridgehead atoms. The number of piperazine rings is 1. The topological polar surface area (TPSA) is 43.2 Å². The minimum atomic E-state index is 0.707. The lowest BCUT2D eigenvalue weighted by molar-refractivity contribution is 0.250. The fourth-order valence-corrected chi connectivity index (χ4v) is 4.48. The Morgan fingerprint density at radius 3 is 2.57 bits per heavy atom. The molecule has 1 fully saturated rings. The molecule has 0 saturated carbocycles. The van der Waals surface area contributed by atoms with Crippen LogP contribution in [-0.2, 0) is 6.54 Å². The highest BCUT2D eigenvalue weighted by Crippen LogP contribution is 2.35. The molecule has 2 heterocycles. The first-order valence-electron chi connectivity index (χ1n) is 9.59. The molecule has 0 spiro atoms. The zero-order valence-corrected chi connectivity index (χ0v) is 17.2. The van der Waals surface area contributed by atoms with Crippen molar-refractivity contribution in [2.75, 3.05) is 37.3 Å². The number of fused-ring (bicyclic) bond motifs is 1. The number of hydrogen-bond acceptors (Lipinski definition) is 5. The molecule has 0 radical (unpaired) electrons. The Labute approximate surface area is 170 Å². The Hall–Kier alpha value is -2.55. The van der Waals surface area contributed by atoms with Crippen LogP contribution in [0.15, 0.2) is 53.6 Å². The summed E-state index contributed by atoms with van der Waals surface area (Å²) in [6.07, 6.45) is 1.99. The van der Waals surface area contributed by atoms with Crippen molar-refractivity contribution in [3.63, 3.8) is 0 Å². The summed E-state index contributed by atoms with van der Waals surface area (Å²) in [5.41, 5.74) is 5.39. The van der Waals surface area contributed by atoms with Gasteiger partial charge in [0.2, 0.25) is 0 Å². The van der Waals surface area contributed by atoms with Crippen LogP contribution in [0.1, 0.15) is 16.7 Å². The van der Waals surface area contributed by atoms with Gasteiger partial charge in [-0.05, 0) is 24.8 Å². The molecule has 0 unspecified atom stereocenters. The van der Waals surface area contributed by atoms with Gasteiger partial charge in [-0.15, -0.1) is 11.8 Å². The van der Waals surface area contributed by atoms with Crippen molar-refractivity contribution >= 4 is 28.4 Å². The van der Waals surface area contributed by atoms with E-state index in [-0.39, 0.29) is 0 Å². The van der Waals surface area contributed by atoms with Crippen molar-refractivity contribution in [2.24, 2.45) is 0 Å². The van der Waals surface area contributed by atoms with Crippen molar-refractivity contribution in [3.05, 3.63) is 65.2 Å². The quantitative estimate of drug-likeness (QED) is 0.618. The summed E-state index contributed by atoms with van der Waals surface area (Å²) in [5.74, 6) is 0. The second-order valence-electron chi connectivity index (χ2n) is 7.23. The molecule has 0 aliphatic carbocycles. The van der Waals surface area contributed by atoms with Crippen LogP contribution in [0.4, 0.5) is 5.69 Å². The van der Waals surface area contributed by atoms with Crippen molar-refractivity contribution in [2.45, 2.75) is 18.5 Å². The predicted molar refractivity (Wildman–Crippen MR) is 117 cm³/mol. The molecule has 28 heavy (non-hydrogen) atoms. The zero-order chi connectivity index (χ0) is 19.5. The van der Waals surface area contributed by atoms with Crippen LogP contribution >= 0.6 is 11.8 Å². The fourth-order valence-electron chi connectivity index (χ4n) is 3.95. The molecule has 0 atom stereocenters. The van der Waals surface area contributed by atoms with Gasteiger partial charge < -0.3 is 4.90 Å². The second kappa shape index (κ2) is 8.22. The lowest BCUT2D eigenvalue weighted by atomic mass is 10.1. The fraction of sp³-hybridized carbons (Fsp3) is 0.304. The van der Waals surface area contributed by atoms with Gasteiger partial charge in [-0.2, -0.15) is 5.26 Å². The molecular weight excluding hydrogens is 364 g/mol. The van der Waals surface area contributed by atoms with Crippen molar-refractivity contribution < 1.29 is 0 Å². The van der Waals surface area contributed by atoms with Gasteiger partial charge in [0.05, 0.1) is 11.2 Å². The Morgan fingerprint density at radius 2 is 1.86 bits per heavy atom. The number of aromatic nitrogens is 1. The summed E-state index contributed by atoms with van der Waals surface area (Å²) in [4.78, 5) is 9.57. The van der Waals surface area contributed by atoms with Gasteiger partial charge in [0.25, 0.3) is 0 Å². The van der Waals surface area contributed by atoms with Crippen LogP contribution < -0.4 is 4.90 Å². The highest BCUT2D eigenvalue weighted by molar-refractivity contribution is 7.98. The Balaban J connectivity index is 1.59. The average Bonchev–Trinajstić information content (AvgIpc) is 2.73. The van der Waals surface area contributed by atoms with Crippen LogP contribution in [-0.4, -0.2) is 42.3 Å². The summed E-state index contributed by atoms with van der Waals surface area (Å²) in [5, 5.41) is 11.7. The van der Waals surface area contributed by atoms with E-state index in [1.807, 2.05) is 24.5 Å². The van der Waals surface area contributed by atoms with E-state index in [1.165, 1.54) is 11.1 Å². The molecule has 1 saturated heterocycles. The van der Waals surface area contributed by atoms with Crippen LogP contribution in [0.5, 0.6) is 0 Å². The summed E-state index contributed by atoms with van der Waals surface area (Å²) >= 11 is 1.55. The van der Waals surface area contributed by atoms with E-state index in [2.05, 4.69) is 53.1 Å². The molecule has 5 heteroatoms. The maximum atomic E-state index is 9.85. The second-order valence-corrected chi connectivity index (χ2v) is 8.02. The number of para-hydroxylation sites is 1. The SMILES string of the molecule is CSc1nc2ccccc2c(N2CCN(Cc3cccc(C)c3)CC2)c1C#N. The molecule has 1 aliphatic rings. The van der Waals surface area contributed by atoms with Gasteiger partial charge >= 0.3 is 0 Å². The van der Waals surface area contributed by atoms with E-state index >= 15 is 0 Å². The van der Waals surface area contributed by atoms with Crippen LogP contribution in [0.25, 0.3) is 10.9 Å². The molecule has 4 rings (SSSR count). The lowest BCUT2D eigenvalue weighted by Crippen LogP contribution is -2.46. The van der Waals surface area contributed by atoms with Gasteiger partial charge in [-0.25, -0.2) is 4.98 Å². The van der Waals surface area contributed by atoms with Gasteiger partial charge in [-0.1, -0.05) is 48.0 Å². The molecule has 0 amide bonds. The Morgan fingerprint density at radius 1 is 1.07 bits per heavy atom. The third-order valence-electron chi connectivity index (χ3n) is 5.31. The number of nitriles is 1. The molecule has 1 aliphatic heterocycles. The average molecular weight is 389 g/mol. The Kier molecular flexibility index (Phi) is 5.52. The van der Waals surface area contributed by atoms with Crippen molar-refractivity contribution in [1.82, 2.24) is 9.88 Å². The number of aryl methyl sites for hydroxylation is 1. The molecule has 3 aromatic rings. The normalized spacial score (nSPS) is 15.0. The van der Waals surface area contributed by atoms with Gasteiger partial charge in [0.1, 0.15) is 16.7 Å². The predicted octanol–water partition coefficient (Wildman–Crippen LogP) is 4.46. The number of thioether (sulfide) groups is 1. The molecule has 4 nitrogen and oxygen atoms in total. The standard InChI is InChI=1S/C23H24N4S/c1-17-6-5-7-18(14-17)16-26-10-12-27(13-11-26)22-19-8-3-4-9-21(19)25-23(28-2)20(22)15-24/h3-9,14H,10-13,16H2,1-2H3. The van der Waals surface area contributed by atoms with E-state index in [9.17, 15) is 5.26 Å². The van der Waals surface area contributed by atoms with Crippen LogP contribution in [0.2, 0.25) is 0 Å². The zero-order valence-electron chi connectivity index (χ0n) is 16.4. The van der Waals surface area contributed by atoms with E-state index < -0.39 is 0 Å². The van der Waals surface area contributed by atoms with Crippen LogP contribution in [0, 0.1) is 18.3 Å². The summed E-state index contributed by atoms with van der Waals surface area (Å²) in [7, 11) is 0. The van der Waals surface area contributed by atoms with Gasteiger partial charge in [0.15, 0.2) is 0 Å². The minimum Gasteiger partial charge on any atom is -0.367 e. The monoisotopic (exact) mass is 388 g/mol. The van der Waals surface area contributed by atoms with E-state index in [4.69, 9.17) is 4.98 Å². The maximum absolute atomic E-state index is 9.85. The summed E-state index contributed by atoms with van der Waals surface area (Å²) < 4.78 is 0. The summed E-state index contributed by atoms with van der Waals surface area (Å²) in [6, 6.07) is 19.3. The number of rotatable bonds is 4. The van der Waals surface area contributed by atoms with E-state index in [0.717, 1.165) is 54.3 Å². The Bertz CT molecular complexity index is 1030. The third-order valence-corrected chi connectivity index (χ3v) is 6.00. The van der Waals surface area contributed by atoms with Crippen LogP contribution in [0.3, 0.4) is 0 Å². The molecule has 142 valence electrons. The summed E-state index contributed by atoms with van der Waals surface area (Å²) in [6.45, 7) is 6.94. The van der Waals surface area contributed by atoms with E-state index in [1.54, 1.807) is 11.8 Å². The van der Waals surface area contributed by atoms with Crippen molar-refractivity contribution in [1.29, 1.82) is 5.26 Å². The largest absolute Gasteiger partial charge is 0.367 e. The molecule has 1 aromatic heterocycles. The smallest absolute Gasteiger partial charge is 0.116 e. The van der Waals surface area contributed by atoms with Gasteiger partial charge in [-0.3, -0.25) is 4.90 Å².